The van der Waals surface area contributed by atoms with E-state index in [9.17, 15) is 19.2 Å². The number of halogens is 1. The minimum atomic E-state index is -1.64. The molecule has 0 aromatic heterocycles. The number of carbonyl (C=O) groups excluding carboxylic acids is 4. The minimum absolute atomic E-state index is 0.314. The molecule has 24 heavy (non-hydrogen) atoms. The van der Waals surface area contributed by atoms with E-state index in [0.717, 1.165) is 12.0 Å². The highest BCUT2D eigenvalue weighted by atomic mass is 35.5. The fourth-order valence-corrected chi connectivity index (χ4v) is 3.50. The Labute approximate surface area is 143 Å². The molecule has 0 bridgehead atoms. The smallest absolute Gasteiger partial charge is 0.325 e. The quantitative estimate of drug-likeness (QED) is 0.459. The molecular formula is C16H15ClN2O5. The van der Waals surface area contributed by atoms with Gasteiger partial charge in [0.1, 0.15) is 6.54 Å². The fraction of sp³-hybridized carbons (Fsp3) is 0.375. The summed E-state index contributed by atoms with van der Waals surface area (Å²) in [5, 5.41) is 0.366. The van der Waals surface area contributed by atoms with Crippen LogP contribution in [0.3, 0.4) is 0 Å². The zero-order valence-electron chi connectivity index (χ0n) is 13.2. The second-order valence-electron chi connectivity index (χ2n) is 5.65. The number of anilines is 1. The van der Waals surface area contributed by atoms with Crippen LogP contribution < -0.4 is 4.90 Å². The molecule has 1 aromatic rings. The van der Waals surface area contributed by atoms with Gasteiger partial charge < -0.3 is 9.64 Å². The van der Waals surface area contributed by atoms with Crippen LogP contribution in [0.1, 0.15) is 18.9 Å². The van der Waals surface area contributed by atoms with Crippen molar-refractivity contribution in [1.82, 2.24) is 4.90 Å². The highest BCUT2D eigenvalue weighted by molar-refractivity contribution is 6.32. The summed E-state index contributed by atoms with van der Waals surface area (Å²) >= 11 is 6.04. The van der Waals surface area contributed by atoms with Gasteiger partial charge in [0, 0.05) is 22.8 Å². The zero-order chi connectivity index (χ0) is 17.6. The SMILES string of the molecule is CCN1C(=O)C2(CC(=O)N(CC(=O)OC)C2=O)c2cc(Cl)ccc21. The van der Waals surface area contributed by atoms with Gasteiger partial charge in [0.15, 0.2) is 5.41 Å². The number of imide groups is 1. The largest absolute Gasteiger partial charge is 0.468 e. The van der Waals surface area contributed by atoms with E-state index in [4.69, 9.17) is 11.6 Å². The normalized spacial score (nSPS) is 22.5. The minimum Gasteiger partial charge on any atom is -0.468 e. The van der Waals surface area contributed by atoms with Crippen LogP contribution in [-0.4, -0.2) is 48.8 Å². The first-order chi connectivity index (χ1) is 11.4. The van der Waals surface area contributed by atoms with Gasteiger partial charge in [0.25, 0.3) is 5.91 Å². The van der Waals surface area contributed by atoms with Crippen molar-refractivity contribution in [2.75, 3.05) is 25.1 Å². The van der Waals surface area contributed by atoms with Crippen LogP contribution in [0.15, 0.2) is 18.2 Å². The van der Waals surface area contributed by atoms with Gasteiger partial charge in [0.05, 0.1) is 13.5 Å². The lowest BCUT2D eigenvalue weighted by Gasteiger charge is -2.21. The third kappa shape index (κ3) is 2.04. The van der Waals surface area contributed by atoms with Crippen molar-refractivity contribution in [3.63, 3.8) is 0 Å². The summed E-state index contributed by atoms with van der Waals surface area (Å²) in [5.74, 6) is -2.48. The monoisotopic (exact) mass is 350 g/mol. The molecule has 1 aromatic carbocycles. The van der Waals surface area contributed by atoms with Crippen molar-refractivity contribution in [3.05, 3.63) is 28.8 Å². The molecule has 1 atom stereocenters. The lowest BCUT2D eigenvalue weighted by Crippen LogP contribution is -2.47. The van der Waals surface area contributed by atoms with E-state index in [-0.39, 0.29) is 6.42 Å². The first-order valence-corrected chi connectivity index (χ1v) is 7.78. The van der Waals surface area contributed by atoms with Crippen molar-refractivity contribution in [2.45, 2.75) is 18.8 Å². The van der Waals surface area contributed by atoms with Crippen molar-refractivity contribution >= 4 is 41.0 Å². The fourth-order valence-electron chi connectivity index (χ4n) is 3.33. The van der Waals surface area contributed by atoms with Gasteiger partial charge in [0.2, 0.25) is 11.8 Å². The summed E-state index contributed by atoms with van der Waals surface area (Å²) in [4.78, 5) is 51.9. The molecule has 1 fully saturated rings. The van der Waals surface area contributed by atoms with Gasteiger partial charge in [-0.3, -0.25) is 24.1 Å². The van der Waals surface area contributed by atoms with E-state index in [1.54, 1.807) is 19.1 Å². The maximum absolute atomic E-state index is 13.0. The number of esters is 1. The number of amides is 3. The number of hydrogen-bond acceptors (Lipinski definition) is 5. The van der Waals surface area contributed by atoms with Gasteiger partial charge >= 0.3 is 5.97 Å². The lowest BCUT2D eigenvalue weighted by molar-refractivity contribution is -0.151. The van der Waals surface area contributed by atoms with E-state index in [1.807, 2.05) is 0 Å². The van der Waals surface area contributed by atoms with Gasteiger partial charge in [-0.1, -0.05) is 11.6 Å². The van der Waals surface area contributed by atoms with E-state index < -0.39 is 35.7 Å². The Hall–Kier alpha value is -2.41. The average Bonchev–Trinajstić information content (AvgIpc) is 2.94. The molecule has 1 saturated heterocycles. The highest BCUT2D eigenvalue weighted by Crippen LogP contribution is 2.49. The zero-order valence-corrected chi connectivity index (χ0v) is 13.9. The summed E-state index contributed by atoms with van der Waals surface area (Å²) in [7, 11) is 1.16. The van der Waals surface area contributed by atoms with Gasteiger partial charge in [-0.05, 0) is 25.1 Å². The van der Waals surface area contributed by atoms with E-state index >= 15 is 0 Å². The number of fused-ring (bicyclic) bond motifs is 2. The Kier molecular flexibility index (Phi) is 3.83. The lowest BCUT2D eigenvalue weighted by atomic mass is 9.80. The van der Waals surface area contributed by atoms with Gasteiger partial charge in [-0.25, -0.2) is 0 Å². The number of likely N-dealkylation sites (N-methyl/N-ethyl adjacent to an activating group) is 1. The Morgan fingerprint density at radius 3 is 2.54 bits per heavy atom. The molecule has 0 saturated carbocycles. The molecule has 2 aliphatic rings. The van der Waals surface area contributed by atoms with E-state index in [2.05, 4.69) is 4.74 Å². The van der Waals surface area contributed by atoms with Crippen LogP contribution in [0.5, 0.6) is 0 Å². The van der Waals surface area contributed by atoms with E-state index in [0.29, 0.717) is 22.8 Å². The molecular weight excluding hydrogens is 336 g/mol. The molecule has 1 spiro atoms. The molecule has 0 aliphatic carbocycles. The number of hydrogen-bond donors (Lipinski definition) is 0. The van der Waals surface area contributed by atoms with Crippen molar-refractivity contribution in [2.24, 2.45) is 0 Å². The summed E-state index contributed by atoms with van der Waals surface area (Å²) < 4.78 is 4.52. The summed E-state index contributed by atoms with van der Waals surface area (Å²) in [6, 6.07) is 4.83. The number of ether oxygens (including phenoxy) is 1. The standard InChI is InChI=1S/C16H15ClN2O5/c1-3-18-11-5-4-9(17)6-10(11)16(14(18)22)7-12(20)19(15(16)23)8-13(21)24-2/h4-6H,3,7-8H2,1-2H3. The maximum Gasteiger partial charge on any atom is 0.325 e. The number of carbonyl (C=O) groups is 4. The Morgan fingerprint density at radius 1 is 1.25 bits per heavy atom. The topological polar surface area (TPSA) is 84.0 Å². The Morgan fingerprint density at radius 2 is 1.92 bits per heavy atom. The predicted molar refractivity (Wildman–Crippen MR) is 84.5 cm³/mol. The molecule has 0 radical (unpaired) electrons. The number of rotatable bonds is 3. The number of nitrogens with zero attached hydrogens (tertiary/aromatic N) is 2. The number of benzene rings is 1. The van der Waals surface area contributed by atoms with E-state index in [1.165, 1.54) is 11.0 Å². The number of methoxy groups -OCH3 is 1. The maximum atomic E-state index is 13.0. The van der Waals surface area contributed by atoms with Crippen molar-refractivity contribution < 1.29 is 23.9 Å². The predicted octanol–water partition coefficient (Wildman–Crippen LogP) is 0.876. The second-order valence-corrected chi connectivity index (χ2v) is 6.09. The molecule has 3 amide bonds. The molecule has 7 nitrogen and oxygen atoms in total. The molecule has 0 N–H and O–H groups in total. The summed E-state index contributed by atoms with van der Waals surface area (Å²) in [5.41, 5.74) is -0.665. The van der Waals surface area contributed by atoms with Crippen LogP contribution in [0.2, 0.25) is 5.02 Å². The summed E-state index contributed by atoms with van der Waals surface area (Å²) in [6.45, 7) is 1.63. The number of likely N-dealkylation sites (tertiary alicyclic amines) is 1. The molecule has 3 rings (SSSR count). The molecule has 8 heteroatoms. The van der Waals surface area contributed by atoms with Crippen LogP contribution in [0.4, 0.5) is 5.69 Å². The second kappa shape index (κ2) is 5.59. The van der Waals surface area contributed by atoms with Gasteiger partial charge in [-0.15, -0.1) is 0 Å². The third-order valence-electron chi connectivity index (χ3n) is 4.48. The first-order valence-electron chi connectivity index (χ1n) is 7.40. The van der Waals surface area contributed by atoms with Crippen molar-refractivity contribution in [1.29, 1.82) is 0 Å². The van der Waals surface area contributed by atoms with Crippen LogP contribution in [-0.2, 0) is 29.3 Å². The molecule has 2 heterocycles. The summed E-state index contributed by atoms with van der Waals surface area (Å²) in [6.07, 6.45) is -0.314. The molecule has 1 unspecified atom stereocenters. The highest BCUT2D eigenvalue weighted by Gasteiger charge is 2.63. The average molecular weight is 351 g/mol. The van der Waals surface area contributed by atoms with Crippen LogP contribution >= 0.6 is 11.6 Å². The molecule has 126 valence electrons. The first kappa shape index (κ1) is 16.4. The van der Waals surface area contributed by atoms with Crippen molar-refractivity contribution in [3.8, 4) is 0 Å². The Bertz CT molecular complexity index is 778. The van der Waals surface area contributed by atoms with Crippen LogP contribution in [0, 0.1) is 0 Å². The third-order valence-corrected chi connectivity index (χ3v) is 4.71. The Balaban J connectivity index is 2.12. The van der Waals surface area contributed by atoms with Gasteiger partial charge in [-0.2, -0.15) is 0 Å². The molecule has 2 aliphatic heterocycles. The van der Waals surface area contributed by atoms with Crippen LogP contribution in [0.25, 0.3) is 0 Å².